The van der Waals surface area contributed by atoms with Crippen molar-refractivity contribution in [3.63, 3.8) is 0 Å². The maximum atomic E-state index is 3.75. The second kappa shape index (κ2) is 5.99. The van der Waals surface area contributed by atoms with Crippen molar-refractivity contribution in [2.24, 2.45) is 0 Å². The molecule has 1 aliphatic rings. The number of benzene rings is 1. The molecule has 0 fully saturated rings. The fourth-order valence-corrected chi connectivity index (χ4v) is 2.47. The molecule has 0 unspecified atom stereocenters. The molecule has 0 atom stereocenters. The number of likely N-dealkylation sites (N-methyl/N-ethyl adjacent to an activating group) is 1. The Labute approximate surface area is 104 Å². The molecule has 1 aromatic rings. The van der Waals surface area contributed by atoms with Crippen LogP contribution in [-0.2, 0) is 12.8 Å². The van der Waals surface area contributed by atoms with Gasteiger partial charge in [-0.2, -0.15) is 0 Å². The first-order valence-corrected chi connectivity index (χ1v) is 6.39. The molecule has 1 aliphatic carbocycles. The molecule has 2 nitrogen and oxygen atoms in total. The Morgan fingerprint density at radius 2 is 2.00 bits per heavy atom. The highest BCUT2D eigenvalue weighted by molar-refractivity contribution is 5.33. The molecule has 0 spiro atoms. The van der Waals surface area contributed by atoms with Gasteiger partial charge in [0.25, 0.3) is 0 Å². The largest absolute Gasteiger partial charge is 0.312 e. The van der Waals surface area contributed by atoms with E-state index in [2.05, 4.69) is 48.1 Å². The van der Waals surface area contributed by atoms with Crippen LogP contribution in [-0.4, -0.2) is 37.6 Å². The Morgan fingerprint density at radius 1 is 1.35 bits per heavy atom. The van der Waals surface area contributed by atoms with Crippen LogP contribution < -0.4 is 5.32 Å². The Kier molecular flexibility index (Phi) is 4.35. The maximum Gasteiger partial charge on any atom is 0.0158 e. The normalized spacial score (nSPS) is 15.2. The molecule has 0 aliphatic heterocycles. The van der Waals surface area contributed by atoms with Crippen LogP contribution in [0.5, 0.6) is 0 Å². The molecule has 0 radical (unpaired) electrons. The van der Waals surface area contributed by atoms with Gasteiger partial charge in [-0.1, -0.05) is 30.3 Å². The molecule has 17 heavy (non-hydrogen) atoms. The van der Waals surface area contributed by atoms with Crippen molar-refractivity contribution in [1.82, 2.24) is 10.2 Å². The Hall–Kier alpha value is -1.12. The zero-order valence-corrected chi connectivity index (χ0v) is 10.7. The summed E-state index contributed by atoms with van der Waals surface area (Å²) < 4.78 is 0. The van der Waals surface area contributed by atoms with Crippen LogP contribution in [0.15, 0.2) is 36.9 Å². The fraction of sp³-hybridized carbons (Fsp3) is 0.467. The van der Waals surface area contributed by atoms with Crippen molar-refractivity contribution in [3.8, 4) is 0 Å². The van der Waals surface area contributed by atoms with Crippen LogP contribution in [0.2, 0.25) is 0 Å². The second-order valence-corrected chi connectivity index (χ2v) is 4.88. The van der Waals surface area contributed by atoms with Crippen LogP contribution in [0.1, 0.15) is 11.1 Å². The molecule has 2 heteroatoms. The summed E-state index contributed by atoms with van der Waals surface area (Å²) >= 11 is 0. The molecular weight excluding hydrogens is 208 g/mol. The summed E-state index contributed by atoms with van der Waals surface area (Å²) in [5.41, 5.74) is 3.04. The summed E-state index contributed by atoms with van der Waals surface area (Å²) in [6.45, 7) is 6.86. The maximum absolute atomic E-state index is 3.75. The van der Waals surface area contributed by atoms with E-state index >= 15 is 0 Å². The lowest BCUT2D eigenvalue weighted by molar-refractivity contribution is 0.355. The number of rotatable bonds is 6. The minimum atomic E-state index is 0.629. The van der Waals surface area contributed by atoms with Gasteiger partial charge < -0.3 is 10.2 Å². The number of nitrogens with one attached hydrogen (secondary N) is 1. The molecule has 0 bridgehead atoms. The zero-order chi connectivity index (χ0) is 12.1. The predicted molar refractivity (Wildman–Crippen MR) is 73.3 cm³/mol. The van der Waals surface area contributed by atoms with Crippen molar-refractivity contribution >= 4 is 0 Å². The van der Waals surface area contributed by atoms with Gasteiger partial charge in [-0.15, -0.1) is 6.58 Å². The van der Waals surface area contributed by atoms with E-state index in [4.69, 9.17) is 0 Å². The quantitative estimate of drug-likeness (QED) is 0.750. The van der Waals surface area contributed by atoms with Gasteiger partial charge in [0, 0.05) is 25.7 Å². The third-order valence-electron chi connectivity index (χ3n) is 3.42. The van der Waals surface area contributed by atoms with E-state index in [9.17, 15) is 0 Å². The SMILES string of the molecule is C=CCN(C)CCNC1Cc2ccccc2C1. The highest BCUT2D eigenvalue weighted by Crippen LogP contribution is 2.21. The summed E-state index contributed by atoms with van der Waals surface area (Å²) in [5.74, 6) is 0. The van der Waals surface area contributed by atoms with Crippen LogP contribution in [0.3, 0.4) is 0 Å². The van der Waals surface area contributed by atoms with Crippen molar-refractivity contribution in [2.75, 3.05) is 26.7 Å². The van der Waals surface area contributed by atoms with Gasteiger partial charge in [0.2, 0.25) is 0 Å². The molecular formula is C15H22N2. The average Bonchev–Trinajstić information content (AvgIpc) is 2.71. The highest BCUT2D eigenvalue weighted by atomic mass is 15.1. The summed E-state index contributed by atoms with van der Waals surface area (Å²) in [6.07, 6.45) is 4.31. The van der Waals surface area contributed by atoms with E-state index in [1.807, 2.05) is 6.08 Å². The van der Waals surface area contributed by atoms with Crippen molar-refractivity contribution in [2.45, 2.75) is 18.9 Å². The first-order valence-electron chi connectivity index (χ1n) is 6.39. The van der Waals surface area contributed by atoms with Crippen LogP contribution >= 0.6 is 0 Å². The number of hydrogen-bond donors (Lipinski definition) is 1. The molecule has 0 heterocycles. The molecule has 0 saturated heterocycles. The molecule has 0 saturated carbocycles. The lowest BCUT2D eigenvalue weighted by atomic mass is 10.1. The minimum Gasteiger partial charge on any atom is -0.312 e. The molecule has 0 amide bonds. The van der Waals surface area contributed by atoms with E-state index in [1.165, 1.54) is 24.0 Å². The van der Waals surface area contributed by atoms with E-state index in [0.29, 0.717) is 6.04 Å². The highest BCUT2D eigenvalue weighted by Gasteiger charge is 2.19. The molecule has 1 aromatic carbocycles. The molecule has 2 rings (SSSR count). The molecule has 0 aromatic heterocycles. The summed E-state index contributed by atoms with van der Waals surface area (Å²) in [7, 11) is 2.13. The van der Waals surface area contributed by atoms with E-state index < -0.39 is 0 Å². The van der Waals surface area contributed by atoms with Crippen molar-refractivity contribution in [1.29, 1.82) is 0 Å². The van der Waals surface area contributed by atoms with E-state index in [1.54, 1.807) is 0 Å². The van der Waals surface area contributed by atoms with Gasteiger partial charge in [-0.3, -0.25) is 0 Å². The van der Waals surface area contributed by atoms with Gasteiger partial charge in [0.15, 0.2) is 0 Å². The number of hydrogen-bond acceptors (Lipinski definition) is 2. The van der Waals surface area contributed by atoms with Gasteiger partial charge in [-0.05, 0) is 31.0 Å². The minimum absolute atomic E-state index is 0.629. The Bertz CT molecular complexity index is 348. The molecule has 1 N–H and O–H groups in total. The molecule has 92 valence electrons. The first-order chi connectivity index (χ1) is 8.29. The third-order valence-corrected chi connectivity index (χ3v) is 3.42. The lowest BCUT2D eigenvalue weighted by Gasteiger charge is -2.17. The Balaban J connectivity index is 1.71. The van der Waals surface area contributed by atoms with Crippen LogP contribution in [0, 0.1) is 0 Å². The average molecular weight is 230 g/mol. The summed E-state index contributed by atoms with van der Waals surface area (Å²) in [4.78, 5) is 2.28. The van der Waals surface area contributed by atoms with E-state index in [0.717, 1.165) is 19.6 Å². The van der Waals surface area contributed by atoms with Gasteiger partial charge in [0.1, 0.15) is 0 Å². The van der Waals surface area contributed by atoms with Gasteiger partial charge in [0.05, 0.1) is 0 Å². The van der Waals surface area contributed by atoms with Crippen LogP contribution in [0.25, 0.3) is 0 Å². The standard InChI is InChI=1S/C15H22N2/c1-3-9-17(2)10-8-16-15-11-13-6-4-5-7-14(13)12-15/h3-7,15-16H,1,8-12H2,2H3. The topological polar surface area (TPSA) is 15.3 Å². The van der Waals surface area contributed by atoms with Gasteiger partial charge >= 0.3 is 0 Å². The smallest absolute Gasteiger partial charge is 0.0158 e. The van der Waals surface area contributed by atoms with Crippen molar-refractivity contribution < 1.29 is 0 Å². The monoisotopic (exact) mass is 230 g/mol. The first kappa shape index (κ1) is 12.3. The lowest BCUT2D eigenvalue weighted by Crippen LogP contribution is -2.36. The van der Waals surface area contributed by atoms with Crippen molar-refractivity contribution in [3.05, 3.63) is 48.0 Å². The second-order valence-electron chi connectivity index (χ2n) is 4.88. The summed E-state index contributed by atoms with van der Waals surface area (Å²) in [5, 5.41) is 3.64. The Morgan fingerprint density at radius 3 is 2.59 bits per heavy atom. The predicted octanol–water partition coefficient (Wildman–Crippen LogP) is 1.86. The number of nitrogens with zero attached hydrogens (tertiary/aromatic N) is 1. The zero-order valence-electron chi connectivity index (χ0n) is 10.7. The third kappa shape index (κ3) is 3.42. The fourth-order valence-electron chi connectivity index (χ4n) is 2.47. The van der Waals surface area contributed by atoms with Gasteiger partial charge in [-0.25, -0.2) is 0 Å². The van der Waals surface area contributed by atoms with Crippen LogP contribution in [0.4, 0.5) is 0 Å². The van der Waals surface area contributed by atoms with E-state index in [-0.39, 0.29) is 0 Å². The number of fused-ring (bicyclic) bond motifs is 1. The summed E-state index contributed by atoms with van der Waals surface area (Å²) in [6, 6.07) is 9.41.